The molecule has 0 unspecified atom stereocenters. The number of anilines is 1. The Balaban J connectivity index is 2.02. The van der Waals surface area contributed by atoms with Crippen LogP contribution in [0, 0.1) is 0 Å². The first kappa shape index (κ1) is 13.6. The van der Waals surface area contributed by atoms with Crippen molar-refractivity contribution in [1.82, 2.24) is 4.98 Å². The van der Waals surface area contributed by atoms with Crippen LogP contribution in [0.1, 0.15) is 15.9 Å². The van der Waals surface area contributed by atoms with Crippen molar-refractivity contribution >= 4 is 29.0 Å². The topological polar surface area (TPSA) is 59.5 Å². The molecule has 0 radical (unpaired) electrons. The van der Waals surface area contributed by atoms with Gasteiger partial charge in [0, 0.05) is 17.8 Å². The lowest BCUT2D eigenvalue weighted by Gasteiger charge is -2.17. The molecule has 6 heteroatoms. The van der Waals surface area contributed by atoms with Crippen LogP contribution in [-0.4, -0.2) is 23.8 Å². The molecule has 0 aliphatic carbocycles. The van der Waals surface area contributed by atoms with E-state index in [4.69, 9.17) is 16.3 Å². The first-order chi connectivity index (χ1) is 10.1. The van der Waals surface area contributed by atoms with Crippen molar-refractivity contribution in [2.75, 3.05) is 12.0 Å². The Morgan fingerprint density at radius 2 is 2.10 bits per heavy atom. The van der Waals surface area contributed by atoms with Crippen LogP contribution in [-0.2, 0) is 11.3 Å². The number of hydrogen-bond donors (Lipinski definition) is 0. The minimum atomic E-state index is -0.571. The fraction of sp³-hybridized carbons (Fsp3) is 0.133. The molecule has 0 saturated heterocycles. The monoisotopic (exact) mass is 302 g/mol. The number of ether oxygens (including phenoxy) is 1. The number of nitrogens with zero attached hydrogens (tertiary/aromatic N) is 2. The number of carbonyl (C=O) groups excluding carboxylic acids is 2. The van der Waals surface area contributed by atoms with Gasteiger partial charge < -0.3 is 9.64 Å². The molecule has 5 nitrogen and oxygen atoms in total. The summed E-state index contributed by atoms with van der Waals surface area (Å²) >= 11 is 6.01. The number of halogens is 1. The van der Waals surface area contributed by atoms with Crippen molar-refractivity contribution in [3.8, 4) is 5.75 Å². The molecule has 0 N–H and O–H groups in total. The Bertz CT molecular complexity index is 745. The average Bonchev–Trinajstić information content (AvgIpc) is 2.74. The Morgan fingerprint density at radius 1 is 1.29 bits per heavy atom. The fourth-order valence-corrected chi connectivity index (χ4v) is 2.44. The summed E-state index contributed by atoms with van der Waals surface area (Å²) in [6, 6.07) is 8.42. The van der Waals surface area contributed by atoms with Crippen LogP contribution in [0.5, 0.6) is 5.75 Å². The van der Waals surface area contributed by atoms with Crippen molar-refractivity contribution in [3.05, 3.63) is 52.8 Å². The maximum Gasteiger partial charge on any atom is 0.299 e. The van der Waals surface area contributed by atoms with Crippen molar-refractivity contribution in [2.24, 2.45) is 0 Å². The molecule has 3 rings (SSSR count). The predicted octanol–water partition coefficient (Wildman–Crippen LogP) is 2.47. The summed E-state index contributed by atoms with van der Waals surface area (Å²) in [6.07, 6.45) is 1.57. The van der Waals surface area contributed by atoms with E-state index in [0.29, 0.717) is 27.7 Å². The number of hydrogen-bond acceptors (Lipinski definition) is 4. The van der Waals surface area contributed by atoms with E-state index < -0.39 is 11.7 Å². The number of ketones is 1. The largest absolute Gasteiger partial charge is 0.497 e. The third-order valence-corrected chi connectivity index (χ3v) is 3.68. The minimum absolute atomic E-state index is 0.192. The number of aromatic nitrogens is 1. The molecule has 1 amide bonds. The molecule has 0 saturated carbocycles. The van der Waals surface area contributed by atoms with Crippen LogP contribution in [0.15, 0.2) is 36.5 Å². The van der Waals surface area contributed by atoms with Gasteiger partial charge >= 0.3 is 0 Å². The average molecular weight is 303 g/mol. The maximum absolute atomic E-state index is 12.1. The molecule has 2 heterocycles. The number of fused-ring (bicyclic) bond motifs is 1. The SMILES string of the molecule is COc1ccc2c(c1)N(Cc1cccnc1Cl)C(=O)C2=O. The summed E-state index contributed by atoms with van der Waals surface area (Å²) in [5, 5.41) is 0.314. The van der Waals surface area contributed by atoms with E-state index in [9.17, 15) is 9.59 Å². The smallest absolute Gasteiger partial charge is 0.299 e. The molecule has 0 atom stereocenters. The molecule has 0 spiro atoms. The minimum Gasteiger partial charge on any atom is -0.497 e. The van der Waals surface area contributed by atoms with Crippen LogP contribution in [0.2, 0.25) is 5.15 Å². The van der Waals surface area contributed by atoms with Gasteiger partial charge in [-0.25, -0.2) is 4.98 Å². The highest BCUT2D eigenvalue weighted by molar-refractivity contribution is 6.52. The van der Waals surface area contributed by atoms with Gasteiger partial charge in [0.15, 0.2) is 0 Å². The molecule has 21 heavy (non-hydrogen) atoms. The van der Waals surface area contributed by atoms with E-state index in [1.165, 1.54) is 12.0 Å². The van der Waals surface area contributed by atoms with Gasteiger partial charge in [-0.05, 0) is 18.2 Å². The van der Waals surface area contributed by atoms with Crippen LogP contribution >= 0.6 is 11.6 Å². The van der Waals surface area contributed by atoms with E-state index in [1.807, 2.05) is 0 Å². The number of carbonyl (C=O) groups is 2. The van der Waals surface area contributed by atoms with E-state index in [0.717, 1.165) is 0 Å². The number of Topliss-reactive ketones (excluding diaryl/α,β-unsaturated/α-hetero) is 1. The standard InChI is InChI=1S/C15H11ClN2O3/c1-21-10-4-5-11-12(7-10)18(15(20)13(11)19)8-9-3-2-6-17-14(9)16/h2-7H,8H2,1H3. The molecule has 2 aromatic rings. The Labute approximate surface area is 126 Å². The number of benzene rings is 1. The van der Waals surface area contributed by atoms with Gasteiger partial charge in [-0.15, -0.1) is 0 Å². The predicted molar refractivity (Wildman–Crippen MR) is 77.8 cm³/mol. The van der Waals surface area contributed by atoms with Gasteiger partial charge in [0.2, 0.25) is 0 Å². The molecule has 1 aliphatic heterocycles. The van der Waals surface area contributed by atoms with Crippen molar-refractivity contribution in [3.63, 3.8) is 0 Å². The number of pyridine rings is 1. The summed E-state index contributed by atoms with van der Waals surface area (Å²) in [6.45, 7) is 0.192. The van der Waals surface area contributed by atoms with Gasteiger partial charge in [-0.2, -0.15) is 0 Å². The second-order valence-corrected chi connectivity index (χ2v) is 4.91. The highest BCUT2D eigenvalue weighted by Gasteiger charge is 2.36. The Kier molecular flexibility index (Phi) is 3.35. The van der Waals surface area contributed by atoms with Gasteiger partial charge in [0.05, 0.1) is 24.9 Å². The molecular formula is C15H11ClN2O3. The van der Waals surface area contributed by atoms with Crippen LogP contribution < -0.4 is 9.64 Å². The summed E-state index contributed by atoms with van der Waals surface area (Å²) < 4.78 is 5.14. The summed E-state index contributed by atoms with van der Waals surface area (Å²) in [5.74, 6) is -0.510. The maximum atomic E-state index is 12.1. The summed E-state index contributed by atoms with van der Waals surface area (Å²) in [4.78, 5) is 29.5. The Morgan fingerprint density at radius 3 is 2.81 bits per heavy atom. The van der Waals surface area contributed by atoms with Crippen molar-refractivity contribution in [1.29, 1.82) is 0 Å². The second-order valence-electron chi connectivity index (χ2n) is 4.56. The third-order valence-electron chi connectivity index (χ3n) is 3.34. The second kappa shape index (κ2) is 5.18. The quantitative estimate of drug-likeness (QED) is 0.645. The third kappa shape index (κ3) is 2.25. The van der Waals surface area contributed by atoms with Crippen LogP contribution in [0.3, 0.4) is 0 Å². The van der Waals surface area contributed by atoms with E-state index in [1.54, 1.807) is 36.5 Å². The number of methoxy groups -OCH3 is 1. The van der Waals surface area contributed by atoms with E-state index >= 15 is 0 Å². The lowest BCUT2D eigenvalue weighted by atomic mass is 10.1. The van der Waals surface area contributed by atoms with Crippen LogP contribution in [0.25, 0.3) is 0 Å². The summed E-state index contributed by atoms with van der Waals surface area (Å²) in [7, 11) is 1.53. The van der Waals surface area contributed by atoms with E-state index in [2.05, 4.69) is 4.98 Å². The highest BCUT2D eigenvalue weighted by Crippen LogP contribution is 2.34. The van der Waals surface area contributed by atoms with Gasteiger partial charge in [-0.3, -0.25) is 9.59 Å². The molecule has 0 fully saturated rings. The molecular weight excluding hydrogens is 292 g/mol. The first-order valence-corrected chi connectivity index (χ1v) is 6.63. The summed E-state index contributed by atoms with van der Waals surface area (Å²) in [5.41, 5.74) is 1.58. The van der Waals surface area contributed by atoms with Gasteiger partial charge in [0.25, 0.3) is 11.7 Å². The molecule has 1 aromatic carbocycles. The zero-order valence-corrected chi connectivity index (χ0v) is 11.9. The normalized spacial score (nSPS) is 13.5. The zero-order chi connectivity index (χ0) is 15.0. The number of rotatable bonds is 3. The molecule has 1 aliphatic rings. The lowest BCUT2D eigenvalue weighted by Crippen LogP contribution is -2.29. The Hall–Kier alpha value is -2.40. The van der Waals surface area contributed by atoms with Crippen molar-refractivity contribution in [2.45, 2.75) is 6.54 Å². The van der Waals surface area contributed by atoms with Crippen molar-refractivity contribution < 1.29 is 14.3 Å². The van der Waals surface area contributed by atoms with E-state index in [-0.39, 0.29) is 6.54 Å². The lowest BCUT2D eigenvalue weighted by molar-refractivity contribution is -0.114. The van der Waals surface area contributed by atoms with Gasteiger partial charge in [-0.1, -0.05) is 17.7 Å². The highest BCUT2D eigenvalue weighted by atomic mass is 35.5. The molecule has 1 aromatic heterocycles. The fourth-order valence-electron chi connectivity index (χ4n) is 2.27. The zero-order valence-electron chi connectivity index (χ0n) is 11.2. The first-order valence-electron chi connectivity index (χ1n) is 6.25. The number of amides is 1. The van der Waals surface area contributed by atoms with Crippen LogP contribution in [0.4, 0.5) is 5.69 Å². The molecule has 0 bridgehead atoms. The van der Waals surface area contributed by atoms with Gasteiger partial charge in [0.1, 0.15) is 10.9 Å². The molecule has 106 valence electrons.